The summed E-state index contributed by atoms with van der Waals surface area (Å²) in [6.45, 7) is 10.3. The highest BCUT2D eigenvalue weighted by Gasteiger charge is 2.16. The molecular weight excluding hydrogens is 334 g/mol. The minimum Gasteiger partial charge on any atom is -0.379 e. The Labute approximate surface area is 153 Å². The van der Waals surface area contributed by atoms with Crippen LogP contribution in [-0.4, -0.2) is 54.8 Å². The zero-order chi connectivity index (χ0) is 17.6. The summed E-state index contributed by atoms with van der Waals surface area (Å²) < 4.78 is 7.57. The molecule has 2 aromatic rings. The van der Waals surface area contributed by atoms with Crippen LogP contribution < -0.4 is 5.32 Å². The molecule has 3 rings (SSSR count). The number of nitrogens with one attached hydrogen (secondary N) is 1. The number of hydrogen-bond donors (Lipinski definition) is 1. The molecule has 2 aromatic heterocycles. The SMILES string of the molecule is Cc1cc(C(=O)NCCCN2CCOCC2)c(C)n1Cc1cccs1. The molecule has 3 heterocycles. The van der Waals surface area contributed by atoms with E-state index in [-0.39, 0.29) is 5.91 Å². The van der Waals surface area contributed by atoms with Crippen LogP contribution >= 0.6 is 11.3 Å². The molecule has 1 aliphatic heterocycles. The predicted octanol–water partition coefficient (Wildman–Crippen LogP) is 2.67. The van der Waals surface area contributed by atoms with Gasteiger partial charge < -0.3 is 14.6 Å². The number of carbonyl (C=O) groups is 1. The first-order valence-electron chi connectivity index (χ1n) is 8.92. The van der Waals surface area contributed by atoms with E-state index >= 15 is 0 Å². The lowest BCUT2D eigenvalue weighted by Gasteiger charge is -2.26. The lowest BCUT2D eigenvalue weighted by atomic mass is 10.2. The predicted molar refractivity (Wildman–Crippen MR) is 102 cm³/mol. The smallest absolute Gasteiger partial charge is 0.253 e. The summed E-state index contributed by atoms with van der Waals surface area (Å²) in [5, 5.41) is 5.16. The molecule has 0 unspecified atom stereocenters. The molecule has 0 bridgehead atoms. The van der Waals surface area contributed by atoms with Crippen LogP contribution in [-0.2, 0) is 11.3 Å². The standard InChI is InChI=1S/C19H27N3O2S/c1-15-13-18(16(2)22(15)14-17-5-3-12-25-17)19(23)20-6-4-7-21-8-10-24-11-9-21/h3,5,12-13H,4,6-11,14H2,1-2H3,(H,20,23). The molecule has 0 aliphatic carbocycles. The molecule has 0 spiro atoms. The molecule has 1 saturated heterocycles. The number of nitrogens with zero attached hydrogens (tertiary/aromatic N) is 2. The fraction of sp³-hybridized carbons (Fsp3) is 0.526. The van der Waals surface area contributed by atoms with Crippen LogP contribution in [0.4, 0.5) is 0 Å². The lowest BCUT2D eigenvalue weighted by Crippen LogP contribution is -2.38. The van der Waals surface area contributed by atoms with Crippen molar-refractivity contribution in [2.24, 2.45) is 0 Å². The van der Waals surface area contributed by atoms with E-state index in [0.717, 1.165) is 62.8 Å². The van der Waals surface area contributed by atoms with Crippen LogP contribution in [0.25, 0.3) is 0 Å². The van der Waals surface area contributed by atoms with Gasteiger partial charge in [0.1, 0.15) is 0 Å². The zero-order valence-electron chi connectivity index (χ0n) is 15.1. The first-order valence-corrected chi connectivity index (χ1v) is 9.80. The second-order valence-electron chi connectivity index (χ2n) is 6.51. The number of carbonyl (C=O) groups excluding carboxylic acids is 1. The van der Waals surface area contributed by atoms with Gasteiger partial charge >= 0.3 is 0 Å². The van der Waals surface area contributed by atoms with Gasteiger partial charge in [0.25, 0.3) is 5.91 Å². The molecule has 1 fully saturated rings. The van der Waals surface area contributed by atoms with Crippen molar-refractivity contribution in [3.8, 4) is 0 Å². The van der Waals surface area contributed by atoms with Crippen molar-refractivity contribution in [3.63, 3.8) is 0 Å². The van der Waals surface area contributed by atoms with Gasteiger partial charge in [-0.05, 0) is 44.3 Å². The maximum absolute atomic E-state index is 12.5. The third kappa shape index (κ3) is 4.71. The van der Waals surface area contributed by atoms with E-state index in [9.17, 15) is 4.79 Å². The molecule has 1 amide bonds. The van der Waals surface area contributed by atoms with E-state index in [0.29, 0.717) is 6.54 Å². The Morgan fingerprint density at radius 3 is 2.84 bits per heavy atom. The van der Waals surface area contributed by atoms with Gasteiger partial charge in [-0.3, -0.25) is 9.69 Å². The fourth-order valence-electron chi connectivity index (χ4n) is 3.26. The quantitative estimate of drug-likeness (QED) is 0.771. The van der Waals surface area contributed by atoms with Gasteiger partial charge in [0.15, 0.2) is 0 Å². The third-order valence-electron chi connectivity index (χ3n) is 4.75. The Hall–Kier alpha value is -1.63. The Morgan fingerprint density at radius 2 is 2.12 bits per heavy atom. The van der Waals surface area contributed by atoms with Crippen molar-refractivity contribution in [2.75, 3.05) is 39.4 Å². The minimum absolute atomic E-state index is 0.0347. The highest BCUT2D eigenvalue weighted by atomic mass is 32.1. The van der Waals surface area contributed by atoms with Gasteiger partial charge in [0.2, 0.25) is 0 Å². The largest absolute Gasteiger partial charge is 0.379 e. The summed E-state index contributed by atoms with van der Waals surface area (Å²) in [5.41, 5.74) is 2.96. The van der Waals surface area contributed by atoms with Crippen molar-refractivity contribution in [2.45, 2.75) is 26.8 Å². The van der Waals surface area contributed by atoms with Crippen molar-refractivity contribution in [1.29, 1.82) is 0 Å². The Balaban J connectivity index is 1.51. The van der Waals surface area contributed by atoms with Crippen LogP contribution in [0.1, 0.15) is 33.0 Å². The average molecular weight is 362 g/mol. The maximum atomic E-state index is 12.5. The van der Waals surface area contributed by atoms with Gasteiger partial charge in [-0.2, -0.15) is 0 Å². The van der Waals surface area contributed by atoms with Crippen molar-refractivity contribution < 1.29 is 9.53 Å². The van der Waals surface area contributed by atoms with Gasteiger partial charge in [-0.15, -0.1) is 11.3 Å². The first kappa shape index (κ1) is 18.2. The number of ether oxygens (including phenoxy) is 1. The molecule has 6 heteroatoms. The monoisotopic (exact) mass is 361 g/mol. The highest BCUT2D eigenvalue weighted by Crippen LogP contribution is 2.19. The third-order valence-corrected chi connectivity index (χ3v) is 5.61. The second kappa shape index (κ2) is 8.65. The van der Waals surface area contributed by atoms with E-state index in [1.54, 1.807) is 11.3 Å². The maximum Gasteiger partial charge on any atom is 0.253 e. The number of aromatic nitrogens is 1. The molecule has 25 heavy (non-hydrogen) atoms. The van der Waals surface area contributed by atoms with Gasteiger partial charge in [-0.25, -0.2) is 0 Å². The van der Waals surface area contributed by atoms with Gasteiger partial charge in [-0.1, -0.05) is 6.07 Å². The number of amides is 1. The van der Waals surface area contributed by atoms with Crippen molar-refractivity contribution >= 4 is 17.2 Å². The van der Waals surface area contributed by atoms with Crippen LogP contribution in [0.2, 0.25) is 0 Å². The summed E-state index contributed by atoms with van der Waals surface area (Å²) in [4.78, 5) is 16.2. The summed E-state index contributed by atoms with van der Waals surface area (Å²) in [7, 11) is 0. The Bertz CT molecular complexity index is 688. The Morgan fingerprint density at radius 1 is 1.32 bits per heavy atom. The summed E-state index contributed by atoms with van der Waals surface area (Å²) in [6, 6.07) is 6.20. The number of hydrogen-bond acceptors (Lipinski definition) is 4. The number of thiophene rings is 1. The molecule has 136 valence electrons. The van der Waals surface area contributed by atoms with E-state index in [1.165, 1.54) is 4.88 Å². The van der Waals surface area contributed by atoms with Crippen LogP contribution in [0.3, 0.4) is 0 Å². The number of aryl methyl sites for hydroxylation is 1. The molecule has 5 nitrogen and oxygen atoms in total. The van der Waals surface area contributed by atoms with Crippen LogP contribution in [0.15, 0.2) is 23.6 Å². The lowest BCUT2D eigenvalue weighted by molar-refractivity contribution is 0.0374. The summed E-state index contributed by atoms with van der Waals surface area (Å²) in [5.74, 6) is 0.0347. The van der Waals surface area contributed by atoms with E-state index in [4.69, 9.17) is 4.74 Å². The van der Waals surface area contributed by atoms with Gasteiger partial charge in [0, 0.05) is 35.9 Å². The normalized spacial score (nSPS) is 15.4. The van der Waals surface area contributed by atoms with E-state index in [1.807, 2.05) is 13.0 Å². The molecule has 0 saturated carbocycles. The zero-order valence-corrected chi connectivity index (χ0v) is 15.9. The van der Waals surface area contributed by atoms with Crippen molar-refractivity contribution in [3.05, 3.63) is 45.4 Å². The van der Waals surface area contributed by atoms with E-state index < -0.39 is 0 Å². The summed E-state index contributed by atoms with van der Waals surface area (Å²) in [6.07, 6.45) is 0.972. The fourth-order valence-corrected chi connectivity index (χ4v) is 3.95. The molecule has 1 N–H and O–H groups in total. The average Bonchev–Trinajstić information content (AvgIpc) is 3.23. The van der Waals surface area contributed by atoms with E-state index in [2.05, 4.69) is 39.2 Å². The molecular formula is C19H27N3O2S. The van der Waals surface area contributed by atoms with Crippen LogP contribution in [0.5, 0.6) is 0 Å². The highest BCUT2D eigenvalue weighted by molar-refractivity contribution is 7.09. The molecule has 0 aromatic carbocycles. The topological polar surface area (TPSA) is 46.5 Å². The summed E-state index contributed by atoms with van der Waals surface area (Å²) >= 11 is 1.75. The number of morpholine rings is 1. The van der Waals surface area contributed by atoms with Crippen LogP contribution in [0, 0.1) is 13.8 Å². The van der Waals surface area contributed by atoms with Gasteiger partial charge in [0.05, 0.1) is 25.3 Å². The first-order chi connectivity index (χ1) is 12.1. The molecule has 0 radical (unpaired) electrons. The van der Waals surface area contributed by atoms with Crippen molar-refractivity contribution in [1.82, 2.24) is 14.8 Å². The molecule has 0 atom stereocenters. The Kier molecular flexibility index (Phi) is 6.29. The molecule has 1 aliphatic rings. The minimum atomic E-state index is 0.0347. The number of rotatable bonds is 7. The second-order valence-corrected chi connectivity index (χ2v) is 7.55.